The smallest absolute Gasteiger partial charge is 0.262 e. The SMILES string of the molecule is CN(Cc1ccc(OCC(=O)Nc2ccc(Cl)cc2Cl)cc1)S(C)(=O)=O. The molecule has 0 fully saturated rings. The second kappa shape index (κ2) is 8.73. The molecule has 0 aliphatic heterocycles. The Morgan fingerprint density at radius 1 is 1.15 bits per heavy atom. The summed E-state index contributed by atoms with van der Waals surface area (Å²) in [5.74, 6) is 0.128. The standard InChI is InChI=1S/C17H18Cl2N2O4S/c1-21(26(2,23)24)10-12-3-6-14(7-4-12)25-11-17(22)20-16-8-5-13(18)9-15(16)19/h3-9H,10-11H2,1-2H3,(H,20,22). The van der Waals surface area contributed by atoms with Crippen molar-refractivity contribution in [3.63, 3.8) is 0 Å². The lowest BCUT2D eigenvalue weighted by molar-refractivity contribution is -0.118. The average molecular weight is 417 g/mol. The van der Waals surface area contributed by atoms with E-state index in [4.69, 9.17) is 27.9 Å². The molecule has 0 saturated carbocycles. The summed E-state index contributed by atoms with van der Waals surface area (Å²) in [6.07, 6.45) is 1.15. The molecule has 2 rings (SSSR count). The normalized spacial score (nSPS) is 11.4. The Hall–Kier alpha value is -1.80. The molecule has 0 heterocycles. The topological polar surface area (TPSA) is 75.7 Å². The fourth-order valence-corrected chi connectivity index (χ4v) is 2.83. The molecular weight excluding hydrogens is 399 g/mol. The quantitative estimate of drug-likeness (QED) is 0.749. The van der Waals surface area contributed by atoms with E-state index in [2.05, 4.69) is 5.32 Å². The largest absolute Gasteiger partial charge is 0.484 e. The fourth-order valence-electron chi connectivity index (χ4n) is 1.99. The van der Waals surface area contributed by atoms with Crippen LogP contribution in [0.3, 0.4) is 0 Å². The van der Waals surface area contributed by atoms with Crippen LogP contribution in [0.25, 0.3) is 0 Å². The van der Waals surface area contributed by atoms with Gasteiger partial charge in [-0.25, -0.2) is 12.7 Å². The molecule has 1 N–H and O–H groups in total. The highest BCUT2D eigenvalue weighted by Crippen LogP contribution is 2.25. The van der Waals surface area contributed by atoms with Crippen molar-refractivity contribution in [1.82, 2.24) is 4.31 Å². The van der Waals surface area contributed by atoms with Crippen molar-refractivity contribution in [3.05, 3.63) is 58.1 Å². The van der Waals surface area contributed by atoms with Crippen LogP contribution in [-0.2, 0) is 21.4 Å². The van der Waals surface area contributed by atoms with Crippen LogP contribution >= 0.6 is 23.2 Å². The van der Waals surface area contributed by atoms with Gasteiger partial charge in [0, 0.05) is 18.6 Å². The van der Waals surface area contributed by atoms with Crippen molar-refractivity contribution in [2.24, 2.45) is 0 Å². The molecule has 0 aliphatic carbocycles. The van der Waals surface area contributed by atoms with Crippen LogP contribution in [0.1, 0.15) is 5.56 Å². The highest BCUT2D eigenvalue weighted by Gasteiger charge is 2.11. The van der Waals surface area contributed by atoms with Gasteiger partial charge >= 0.3 is 0 Å². The van der Waals surface area contributed by atoms with Gasteiger partial charge in [-0.05, 0) is 35.9 Å². The summed E-state index contributed by atoms with van der Waals surface area (Å²) in [5.41, 5.74) is 1.26. The number of rotatable bonds is 7. The van der Waals surface area contributed by atoms with Crippen molar-refractivity contribution in [2.45, 2.75) is 6.54 Å². The molecule has 0 radical (unpaired) electrons. The first kappa shape index (κ1) is 20.5. The number of carbonyl (C=O) groups is 1. The molecule has 1 amide bonds. The number of anilines is 1. The number of halogens is 2. The van der Waals surface area contributed by atoms with E-state index in [-0.39, 0.29) is 19.1 Å². The number of ether oxygens (including phenoxy) is 1. The van der Waals surface area contributed by atoms with Crippen molar-refractivity contribution in [3.8, 4) is 5.75 Å². The van der Waals surface area contributed by atoms with Crippen molar-refractivity contribution in [1.29, 1.82) is 0 Å². The van der Waals surface area contributed by atoms with E-state index in [0.29, 0.717) is 21.5 Å². The molecule has 0 atom stereocenters. The number of hydrogen-bond donors (Lipinski definition) is 1. The predicted octanol–water partition coefficient (Wildman–Crippen LogP) is 3.40. The first-order chi connectivity index (χ1) is 12.1. The van der Waals surface area contributed by atoms with Gasteiger partial charge in [0.15, 0.2) is 6.61 Å². The zero-order chi connectivity index (χ0) is 19.3. The van der Waals surface area contributed by atoms with Gasteiger partial charge in [-0.1, -0.05) is 35.3 Å². The lowest BCUT2D eigenvalue weighted by Crippen LogP contribution is -2.24. The maximum atomic E-state index is 11.9. The molecule has 140 valence electrons. The van der Waals surface area contributed by atoms with E-state index in [0.717, 1.165) is 11.8 Å². The van der Waals surface area contributed by atoms with Gasteiger partial charge in [-0.15, -0.1) is 0 Å². The minimum absolute atomic E-state index is 0.193. The lowest BCUT2D eigenvalue weighted by Gasteiger charge is -2.14. The van der Waals surface area contributed by atoms with Crippen LogP contribution in [0.2, 0.25) is 10.0 Å². The van der Waals surface area contributed by atoms with Gasteiger partial charge in [-0.3, -0.25) is 4.79 Å². The third-order valence-electron chi connectivity index (χ3n) is 3.47. The summed E-state index contributed by atoms with van der Waals surface area (Å²) in [4.78, 5) is 11.9. The second-order valence-electron chi connectivity index (χ2n) is 5.62. The summed E-state index contributed by atoms with van der Waals surface area (Å²) in [6.45, 7) is 0.0657. The Bertz CT molecular complexity index is 886. The number of amides is 1. The van der Waals surface area contributed by atoms with Gasteiger partial charge < -0.3 is 10.1 Å². The number of carbonyl (C=O) groups excluding carboxylic acids is 1. The van der Waals surface area contributed by atoms with Crippen molar-refractivity contribution in [2.75, 3.05) is 25.2 Å². The summed E-state index contributed by atoms with van der Waals surface area (Å²) in [5, 5.41) is 3.45. The first-order valence-electron chi connectivity index (χ1n) is 7.53. The monoisotopic (exact) mass is 416 g/mol. The van der Waals surface area contributed by atoms with Gasteiger partial charge in [0.2, 0.25) is 10.0 Å². The third-order valence-corrected chi connectivity index (χ3v) is 5.28. The molecular formula is C17H18Cl2N2O4S. The molecule has 0 aromatic heterocycles. The van der Waals surface area contributed by atoms with E-state index < -0.39 is 10.0 Å². The highest BCUT2D eigenvalue weighted by atomic mass is 35.5. The van der Waals surface area contributed by atoms with E-state index in [9.17, 15) is 13.2 Å². The number of sulfonamides is 1. The van der Waals surface area contributed by atoms with Crippen LogP contribution in [0.15, 0.2) is 42.5 Å². The average Bonchev–Trinajstić information content (AvgIpc) is 2.56. The molecule has 6 nitrogen and oxygen atoms in total. The van der Waals surface area contributed by atoms with Gasteiger partial charge in [0.1, 0.15) is 5.75 Å². The number of nitrogens with zero attached hydrogens (tertiary/aromatic N) is 1. The molecule has 0 unspecified atom stereocenters. The zero-order valence-electron chi connectivity index (χ0n) is 14.2. The molecule has 26 heavy (non-hydrogen) atoms. The van der Waals surface area contributed by atoms with Crippen LogP contribution in [0.4, 0.5) is 5.69 Å². The number of benzene rings is 2. The second-order valence-corrected chi connectivity index (χ2v) is 8.56. The molecule has 0 bridgehead atoms. The fraction of sp³-hybridized carbons (Fsp3) is 0.235. The summed E-state index contributed by atoms with van der Waals surface area (Å²) >= 11 is 11.8. The molecule has 9 heteroatoms. The summed E-state index contributed by atoms with van der Waals surface area (Å²) in [6, 6.07) is 11.6. The van der Waals surface area contributed by atoms with Gasteiger partial charge in [-0.2, -0.15) is 0 Å². The lowest BCUT2D eigenvalue weighted by atomic mass is 10.2. The molecule has 2 aromatic rings. The van der Waals surface area contributed by atoms with Crippen LogP contribution in [0.5, 0.6) is 5.75 Å². The Morgan fingerprint density at radius 3 is 2.38 bits per heavy atom. The van der Waals surface area contributed by atoms with E-state index in [1.54, 1.807) is 36.4 Å². The third kappa shape index (κ3) is 6.17. The first-order valence-corrected chi connectivity index (χ1v) is 10.1. The highest BCUT2D eigenvalue weighted by molar-refractivity contribution is 7.88. The summed E-state index contributed by atoms with van der Waals surface area (Å²) in [7, 11) is -1.73. The molecule has 0 aliphatic rings. The zero-order valence-corrected chi connectivity index (χ0v) is 16.5. The maximum absolute atomic E-state index is 11.9. The Balaban J connectivity index is 1.88. The minimum Gasteiger partial charge on any atom is -0.484 e. The van der Waals surface area contributed by atoms with E-state index in [1.807, 2.05) is 0 Å². The van der Waals surface area contributed by atoms with Gasteiger partial charge in [0.05, 0.1) is 17.0 Å². The van der Waals surface area contributed by atoms with Crippen LogP contribution in [-0.4, -0.2) is 38.5 Å². The van der Waals surface area contributed by atoms with Crippen LogP contribution in [0, 0.1) is 0 Å². The van der Waals surface area contributed by atoms with E-state index >= 15 is 0 Å². The predicted molar refractivity (Wildman–Crippen MR) is 103 cm³/mol. The Morgan fingerprint density at radius 2 is 1.81 bits per heavy atom. The summed E-state index contributed by atoms with van der Waals surface area (Å²) < 4.78 is 29.5. The van der Waals surface area contributed by atoms with Crippen LogP contribution < -0.4 is 10.1 Å². The minimum atomic E-state index is -3.24. The van der Waals surface area contributed by atoms with Crippen molar-refractivity contribution >= 4 is 44.8 Å². The number of hydrogen-bond acceptors (Lipinski definition) is 4. The molecule has 0 saturated heterocycles. The van der Waals surface area contributed by atoms with Gasteiger partial charge in [0.25, 0.3) is 5.91 Å². The molecule has 2 aromatic carbocycles. The Kier molecular flexibility index (Phi) is 6.88. The number of nitrogens with one attached hydrogen (secondary N) is 1. The van der Waals surface area contributed by atoms with Crippen molar-refractivity contribution < 1.29 is 17.9 Å². The Labute approximate surface area is 162 Å². The molecule has 0 spiro atoms. The van der Waals surface area contributed by atoms with E-state index in [1.165, 1.54) is 17.4 Å². The maximum Gasteiger partial charge on any atom is 0.262 e.